The molecule has 1 saturated carbocycles. The van der Waals surface area contributed by atoms with E-state index in [1.165, 1.54) is 35.9 Å². The van der Waals surface area contributed by atoms with Crippen molar-refractivity contribution in [1.29, 1.82) is 0 Å². The molecule has 3 aromatic rings. The van der Waals surface area contributed by atoms with Crippen molar-refractivity contribution >= 4 is 34.0 Å². The fourth-order valence-corrected chi connectivity index (χ4v) is 5.94. The number of nitrogens with one attached hydrogen (secondary N) is 2. The third-order valence-corrected chi connectivity index (χ3v) is 8.69. The minimum atomic E-state index is -3.69. The molecule has 8 nitrogen and oxygen atoms in total. The molecule has 0 amide bonds. The van der Waals surface area contributed by atoms with Gasteiger partial charge in [-0.25, -0.2) is 23.4 Å². The topological polar surface area (TPSA) is 104 Å². The number of aromatic nitrogens is 4. The first kappa shape index (κ1) is 24.1. The Morgan fingerprint density at radius 3 is 2.61 bits per heavy atom. The highest BCUT2D eigenvalue weighted by atomic mass is 35.5. The van der Waals surface area contributed by atoms with Crippen LogP contribution in [0.25, 0.3) is 0 Å². The highest BCUT2D eigenvalue weighted by molar-refractivity contribution is 7.89. The van der Waals surface area contributed by atoms with E-state index in [4.69, 9.17) is 16.6 Å². The summed E-state index contributed by atoms with van der Waals surface area (Å²) in [5.41, 5.74) is 3.32. The van der Waals surface area contributed by atoms with Crippen molar-refractivity contribution < 1.29 is 8.42 Å². The van der Waals surface area contributed by atoms with E-state index in [9.17, 15) is 8.42 Å². The van der Waals surface area contributed by atoms with Crippen molar-refractivity contribution in [2.75, 3.05) is 13.6 Å². The maximum atomic E-state index is 12.8. The first-order valence-corrected chi connectivity index (χ1v) is 12.5. The third-order valence-electron chi connectivity index (χ3n) is 6.71. The molecule has 1 unspecified atom stereocenters. The van der Waals surface area contributed by atoms with Crippen LogP contribution < -0.4 is 5.32 Å². The molecular weight excluding hydrogens is 483 g/mol. The molecular formula is C22H26Cl2N6O2S. The SMILES string of the molecule is CN(Cc1ncc2c(n1)C(C1(c3ccc(Cl)cc3)CCC1)NCC2)S(=O)(=O)c1cnc[nH]1.Cl. The highest BCUT2D eigenvalue weighted by Gasteiger charge is 2.48. The molecule has 0 radical (unpaired) electrons. The van der Waals surface area contributed by atoms with Gasteiger partial charge in [0.05, 0.1) is 30.8 Å². The van der Waals surface area contributed by atoms with Crippen LogP contribution in [0.5, 0.6) is 0 Å². The molecule has 1 aromatic carbocycles. The molecule has 0 spiro atoms. The van der Waals surface area contributed by atoms with Crippen LogP contribution in [0.2, 0.25) is 5.02 Å². The molecule has 0 saturated heterocycles. The normalized spacial score (nSPS) is 19.4. The molecule has 1 aliphatic heterocycles. The Hall–Kier alpha value is -2.04. The van der Waals surface area contributed by atoms with E-state index in [-0.39, 0.29) is 35.4 Å². The van der Waals surface area contributed by atoms with Crippen LogP contribution in [0, 0.1) is 0 Å². The largest absolute Gasteiger partial charge is 0.335 e. The molecule has 1 atom stereocenters. The first-order chi connectivity index (χ1) is 15.4. The molecule has 11 heteroatoms. The molecule has 2 aliphatic rings. The zero-order valence-corrected chi connectivity index (χ0v) is 20.6. The number of hydrogen-bond donors (Lipinski definition) is 2. The second kappa shape index (κ2) is 9.31. The number of hydrogen-bond acceptors (Lipinski definition) is 6. The van der Waals surface area contributed by atoms with Crippen molar-refractivity contribution in [2.45, 2.75) is 48.7 Å². The van der Waals surface area contributed by atoms with Crippen LogP contribution in [-0.2, 0) is 28.4 Å². The minimum Gasteiger partial charge on any atom is -0.335 e. The van der Waals surface area contributed by atoms with Crippen LogP contribution in [0.4, 0.5) is 0 Å². The van der Waals surface area contributed by atoms with Gasteiger partial charge in [-0.15, -0.1) is 12.4 Å². The second-order valence-corrected chi connectivity index (χ2v) is 11.0. The zero-order chi connectivity index (χ0) is 22.3. The Balaban J connectivity index is 0.00000259. The number of halogens is 2. The van der Waals surface area contributed by atoms with Crippen LogP contribution in [0.3, 0.4) is 0 Å². The molecule has 3 heterocycles. The fraction of sp³-hybridized carbons (Fsp3) is 0.409. The lowest BCUT2D eigenvalue weighted by Crippen LogP contribution is -2.49. The van der Waals surface area contributed by atoms with E-state index in [0.29, 0.717) is 5.82 Å². The molecule has 1 aliphatic carbocycles. The Bertz CT molecular complexity index is 1210. The van der Waals surface area contributed by atoms with Crippen LogP contribution in [-0.4, -0.2) is 46.3 Å². The predicted octanol–water partition coefficient (Wildman–Crippen LogP) is 3.40. The van der Waals surface area contributed by atoms with Gasteiger partial charge in [-0.2, -0.15) is 4.31 Å². The van der Waals surface area contributed by atoms with Gasteiger partial charge in [0, 0.05) is 23.7 Å². The van der Waals surface area contributed by atoms with E-state index < -0.39 is 10.0 Å². The highest BCUT2D eigenvalue weighted by Crippen LogP contribution is 2.53. The lowest BCUT2D eigenvalue weighted by molar-refractivity contribution is 0.161. The number of H-pyrrole nitrogens is 1. The quantitative estimate of drug-likeness (QED) is 0.528. The summed E-state index contributed by atoms with van der Waals surface area (Å²) >= 11 is 6.14. The lowest BCUT2D eigenvalue weighted by atomic mass is 9.58. The van der Waals surface area contributed by atoms with Crippen molar-refractivity contribution in [3.63, 3.8) is 0 Å². The summed E-state index contributed by atoms with van der Waals surface area (Å²) < 4.78 is 26.7. The van der Waals surface area contributed by atoms with E-state index in [2.05, 4.69) is 32.4 Å². The number of benzene rings is 1. The maximum absolute atomic E-state index is 12.8. The van der Waals surface area contributed by atoms with Crippen LogP contribution in [0.15, 0.2) is 48.0 Å². The lowest BCUT2D eigenvalue weighted by Gasteiger charge is -2.50. The second-order valence-electron chi connectivity index (χ2n) is 8.53. The smallest absolute Gasteiger partial charge is 0.260 e. The standard InChI is InChI=1S/C22H25ClN6O2S.ClH/c1-29(32(30,31)19-12-24-14-27-19)13-18-26-11-15-7-10-25-21(20(15)28-18)22(8-2-9-22)16-3-5-17(23)6-4-16;/h3-6,11-12,14,21,25H,2,7-10,13H2,1H3,(H,24,27);1H. The van der Waals surface area contributed by atoms with E-state index in [1.807, 2.05) is 18.3 Å². The molecule has 0 bridgehead atoms. The monoisotopic (exact) mass is 508 g/mol. The van der Waals surface area contributed by atoms with Gasteiger partial charge in [0.2, 0.25) is 0 Å². The van der Waals surface area contributed by atoms with Gasteiger partial charge in [-0.1, -0.05) is 30.2 Å². The minimum absolute atomic E-state index is 0. The van der Waals surface area contributed by atoms with Gasteiger partial charge in [-0.3, -0.25) is 0 Å². The van der Waals surface area contributed by atoms with E-state index in [0.717, 1.165) is 42.1 Å². The summed E-state index contributed by atoms with van der Waals surface area (Å²) in [6.45, 7) is 0.944. The Labute approximate surface area is 204 Å². The summed E-state index contributed by atoms with van der Waals surface area (Å²) in [6, 6.07) is 8.18. The molecule has 1 fully saturated rings. The number of rotatable bonds is 6. The fourth-order valence-electron chi connectivity index (χ4n) is 4.80. The number of nitrogens with zero attached hydrogens (tertiary/aromatic N) is 4. The first-order valence-electron chi connectivity index (χ1n) is 10.7. The molecule has 5 rings (SSSR count). The van der Waals surface area contributed by atoms with Gasteiger partial charge in [0.15, 0.2) is 5.03 Å². The average molecular weight is 509 g/mol. The summed E-state index contributed by atoms with van der Waals surface area (Å²) in [4.78, 5) is 15.8. The van der Waals surface area contributed by atoms with Gasteiger partial charge in [-0.05, 0) is 49.1 Å². The van der Waals surface area contributed by atoms with E-state index >= 15 is 0 Å². The number of sulfonamides is 1. The number of fused-ring (bicyclic) bond motifs is 1. The van der Waals surface area contributed by atoms with Gasteiger partial charge in [0.1, 0.15) is 5.82 Å². The molecule has 33 heavy (non-hydrogen) atoms. The van der Waals surface area contributed by atoms with Crippen molar-refractivity contribution in [3.8, 4) is 0 Å². The number of aromatic amines is 1. The van der Waals surface area contributed by atoms with Gasteiger partial charge < -0.3 is 10.3 Å². The predicted molar refractivity (Wildman–Crippen MR) is 128 cm³/mol. The van der Waals surface area contributed by atoms with E-state index in [1.54, 1.807) is 0 Å². The Morgan fingerprint density at radius 1 is 1.21 bits per heavy atom. The maximum Gasteiger partial charge on any atom is 0.260 e. The van der Waals surface area contributed by atoms with Crippen LogP contribution >= 0.6 is 24.0 Å². The summed E-state index contributed by atoms with van der Waals surface area (Å²) in [7, 11) is -2.17. The summed E-state index contributed by atoms with van der Waals surface area (Å²) in [5.74, 6) is 0.480. The average Bonchev–Trinajstić information content (AvgIpc) is 3.30. The molecule has 176 valence electrons. The molecule has 2 aromatic heterocycles. The van der Waals surface area contributed by atoms with Crippen molar-refractivity contribution in [3.05, 3.63) is 70.7 Å². The Kier molecular flexibility index (Phi) is 6.80. The van der Waals surface area contributed by atoms with Crippen molar-refractivity contribution in [1.82, 2.24) is 29.6 Å². The Morgan fingerprint density at radius 2 is 1.97 bits per heavy atom. The van der Waals surface area contributed by atoms with Gasteiger partial charge in [0.25, 0.3) is 10.0 Å². The van der Waals surface area contributed by atoms with Crippen LogP contribution in [0.1, 0.15) is 47.9 Å². The van der Waals surface area contributed by atoms with Gasteiger partial charge >= 0.3 is 0 Å². The number of imidazole rings is 1. The zero-order valence-electron chi connectivity index (χ0n) is 18.2. The third kappa shape index (κ3) is 4.28. The molecule has 2 N–H and O–H groups in total. The van der Waals surface area contributed by atoms with Crippen molar-refractivity contribution in [2.24, 2.45) is 0 Å². The summed E-state index contributed by atoms with van der Waals surface area (Å²) in [6.07, 6.45) is 8.66. The summed E-state index contributed by atoms with van der Waals surface area (Å²) in [5, 5.41) is 4.47.